The lowest BCUT2D eigenvalue weighted by atomic mass is 10.3. The molecule has 0 bridgehead atoms. The molecule has 53 valence electrons. The minimum absolute atomic E-state index is 0.0489. The Morgan fingerprint density at radius 1 is 1.67 bits per heavy atom. The van der Waals surface area contributed by atoms with E-state index in [-0.39, 0.29) is 12.7 Å². The van der Waals surface area contributed by atoms with Gasteiger partial charge in [0.1, 0.15) is 0 Å². The molecule has 0 aliphatic carbocycles. The van der Waals surface area contributed by atoms with Crippen LogP contribution in [0.2, 0.25) is 0 Å². The molecule has 1 radical (unpaired) electrons. The molecule has 0 spiro atoms. The van der Waals surface area contributed by atoms with Gasteiger partial charge in [0.05, 0.1) is 12.7 Å². The van der Waals surface area contributed by atoms with Crippen LogP contribution >= 0.6 is 0 Å². The van der Waals surface area contributed by atoms with Gasteiger partial charge in [0.15, 0.2) is 0 Å². The molecular weight excluding hydrogens is 118 g/mol. The predicted octanol–water partition coefficient (Wildman–Crippen LogP) is -0.516. The minimum Gasteiger partial charge on any atom is -0.392 e. The second kappa shape index (κ2) is 3.15. The number of rotatable bonds is 2. The fourth-order valence-corrected chi connectivity index (χ4v) is 1.14. The first-order chi connectivity index (χ1) is 4.33. The first-order valence-corrected chi connectivity index (χ1v) is 3.31. The summed E-state index contributed by atoms with van der Waals surface area (Å²) in [5.74, 6) is 0. The van der Waals surface area contributed by atoms with E-state index in [1.165, 1.54) is 0 Å². The normalized spacial score (nSPS) is 29.3. The summed E-state index contributed by atoms with van der Waals surface area (Å²) >= 11 is 0. The molecule has 1 aliphatic rings. The van der Waals surface area contributed by atoms with Crippen molar-refractivity contribution in [3.8, 4) is 0 Å². The van der Waals surface area contributed by atoms with Crippen LogP contribution in [-0.4, -0.2) is 42.4 Å². The highest BCUT2D eigenvalue weighted by Gasteiger charge is 2.18. The quantitative estimate of drug-likeness (QED) is 0.546. The van der Waals surface area contributed by atoms with E-state index in [2.05, 4.69) is 0 Å². The van der Waals surface area contributed by atoms with Crippen LogP contribution in [0.1, 0.15) is 6.42 Å². The summed E-state index contributed by atoms with van der Waals surface area (Å²) in [6, 6.07) is 0. The molecule has 1 N–H and O–H groups in total. The van der Waals surface area contributed by atoms with Crippen LogP contribution in [0.15, 0.2) is 0 Å². The van der Waals surface area contributed by atoms with Gasteiger partial charge in [-0.2, -0.15) is 0 Å². The summed E-state index contributed by atoms with van der Waals surface area (Å²) in [4.78, 5) is 2.00. The Labute approximate surface area is 54.9 Å². The molecule has 9 heavy (non-hydrogen) atoms. The largest absolute Gasteiger partial charge is 0.392 e. The lowest BCUT2D eigenvalue weighted by Gasteiger charge is -2.10. The summed E-state index contributed by atoms with van der Waals surface area (Å²) in [6.45, 7) is 2.13. The molecular formula is C6H12NO2. The Kier molecular flexibility index (Phi) is 2.45. The van der Waals surface area contributed by atoms with Crippen LogP contribution in [0, 0.1) is 0 Å². The summed E-state index contributed by atoms with van der Waals surface area (Å²) in [5.41, 5.74) is 0. The van der Waals surface area contributed by atoms with Crippen LogP contribution in [0.5, 0.6) is 0 Å². The number of likely N-dealkylation sites (tertiary alicyclic amines) is 1. The molecule has 1 rings (SSSR count). The Bertz CT molecular complexity index is 85.1. The van der Waals surface area contributed by atoms with Crippen molar-refractivity contribution in [2.24, 2.45) is 0 Å². The van der Waals surface area contributed by atoms with Gasteiger partial charge >= 0.3 is 0 Å². The first-order valence-electron chi connectivity index (χ1n) is 3.31. The van der Waals surface area contributed by atoms with E-state index >= 15 is 0 Å². The molecule has 0 amide bonds. The van der Waals surface area contributed by atoms with E-state index in [0.717, 1.165) is 13.0 Å². The van der Waals surface area contributed by atoms with Crippen LogP contribution in [0.3, 0.4) is 0 Å². The Morgan fingerprint density at radius 2 is 2.44 bits per heavy atom. The molecule has 0 aromatic rings. The van der Waals surface area contributed by atoms with E-state index in [9.17, 15) is 5.11 Å². The van der Waals surface area contributed by atoms with E-state index < -0.39 is 0 Å². The maximum atomic E-state index is 10.1. The number of aliphatic hydroxyl groups excluding tert-OH is 1. The lowest BCUT2D eigenvalue weighted by Crippen LogP contribution is -2.24. The van der Waals surface area contributed by atoms with Crippen LogP contribution in [0.4, 0.5) is 0 Å². The third-order valence-electron chi connectivity index (χ3n) is 1.66. The van der Waals surface area contributed by atoms with Gasteiger partial charge in [0, 0.05) is 19.6 Å². The van der Waals surface area contributed by atoms with Crippen LogP contribution in [0.25, 0.3) is 0 Å². The van der Waals surface area contributed by atoms with Crippen molar-refractivity contribution < 1.29 is 10.2 Å². The molecule has 1 atom stereocenters. The van der Waals surface area contributed by atoms with Gasteiger partial charge in [-0.25, -0.2) is 5.11 Å². The molecule has 1 aliphatic heterocycles. The molecule has 0 aromatic heterocycles. The van der Waals surface area contributed by atoms with E-state index in [1.54, 1.807) is 0 Å². The monoisotopic (exact) mass is 130 g/mol. The maximum Gasteiger partial charge on any atom is 0.0949 e. The molecule has 3 heteroatoms. The van der Waals surface area contributed by atoms with Gasteiger partial charge < -0.3 is 5.11 Å². The van der Waals surface area contributed by atoms with Gasteiger partial charge in [-0.3, -0.25) is 4.90 Å². The summed E-state index contributed by atoms with van der Waals surface area (Å²) in [7, 11) is 0. The highest BCUT2D eigenvalue weighted by Crippen LogP contribution is 2.06. The highest BCUT2D eigenvalue weighted by atomic mass is 16.3. The second-order valence-electron chi connectivity index (χ2n) is 2.45. The summed E-state index contributed by atoms with van der Waals surface area (Å²) in [5, 5.41) is 19.1. The number of β-amino-alcohol motifs (C(OH)–C–C–N with tert-alkyl or cyclic N) is 1. The molecule has 0 aromatic carbocycles. The maximum absolute atomic E-state index is 10.1. The van der Waals surface area contributed by atoms with Crippen molar-refractivity contribution in [1.29, 1.82) is 0 Å². The number of aliphatic hydroxyl groups is 1. The molecule has 3 nitrogen and oxygen atoms in total. The number of hydrogen-bond acceptors (Lipinski definition) is 2. The van der Waals surface area contributed by atoms with Crippen LogP contribution in [-0.2, 0) is 5.11 Å². The van der Waals surface area contributed by atoms with Gasteiger partial charge in [-0.05, 0) is 6.42 Å². The Hall–Kier alpha value is -0.120. The Morgan fingerprint density at radius 3 is 2.89 bits per heavy atom. The molecule has 1 fully saturated rings. The SMILES string of the molecule is [O]CCN1CCC(O)C1. The van der Waals surface area contributed by atoms with E-state index in [4.69, 9.17) is 5.11 Å². The van der Waals surface area contributed by atoms with Crippen molar-refractivity contribution in [1.82, 2.24) is 4.90 Å². The van der Waals surface area contributed by atoms with Crippen molar-refractivity contribution in [2.45, 2.75) is 12.5 Å². The Balaban J connectivity index is 2.14. The number of hydrogen-bond donors (Lipinski definition) is 1. The zero-order valence-electron chi connectivity index (χ0n) is 5.42. The van der Waals surface area contributed by atoms with Crippen molar-refractivity contribution >= 4 is 0 Å². The summed E-state index contributed by atoms with van der Waals surface area (Å²) in [6.07, 6.45) is 0.650. The lowest BCUT2D eigenvalue weighted by molar-refractivity contribution is 0.136. The highest BCUT2D eigenvalue weighted by molar-refractivity contribution is 4.73. The van der Waals surface area contributed by atoms with Crippen molar-refractivity contribution in [2.75, 3.05) is 26.2 Å². The number of nitrogens with zero attached hydrogens (tertiary/aromatic N) is 1. The van der Waals surface area contributed by atoms with Crippen LogP contribution < -0.4 is 0 Å². The van der Waals surface area contributed by atoms with E-state index in [0.29, 0.717) is 13.1 Å². The fraction of sp³-hybridized carbons (Fsp3) is 1.00. The third-order valence-corrected chi connectivity index (χ3v) is 1.66. The molecule has 0 saturated carbocycles. The first kappa shape index (κ1) is 6.99. The van der Waals surface area contributed by atoms with E-state index in [1.807, 2.05) is 4.90 Å². The zero-order valence-corrected chi connectivity index (χ0v) is 5.42. The zero-order chi connectivity index (χ0) is 6.69. The topological polar surface area (TPSA) is 43.4 Å². The summed E-state index contributed by atoms with van der Waals surface area (Å²) < 4.78 is 0. The molecule has 1 unspecified atom stereocenters. The average Bonchev–Trinajstić information content (AvgIpc) is 2.17. The smallest absolute Gasteiger partial charge is 0.0949 e. The minimum atomic E-state index is -0.184. The van der Waals surface area contributed by atoms with Crippen molar-refractivity contribution in [3.05, 3.63) is 0 Å². The van der Waals surface area contributed by atoms with Gasteiger partial charge in [0.2, 0.25) is 0 Å². The van der Waals surface area contributed by atoms with Gasteiger partial charge in [0.25, 0.3) is 0 Å². The predicted molar refractivity (Wildman–Crippen MR) is 32.6 cm³/mol. The standard InChI is InChI=1S/C6H12NO2/c8-4-3-7-2-1-6(9)5-7/h6,9H,1-5H2. The average molecular weight is 130 g/mol. The van der Waals surface area contributed by atoms with Gasteiger partial charge in [-0.15, -0.1) is 0 Å². The van der Waals surface area contributed by atoms with Gasteiger partial charge in [-0.1, -0.05) is 0 Å². The second-order valence-corrected chi connectivity index (χ2v) is 2.45. The molecule has 1 saturated heterocycles. The third kappa shape index (κ3) is 1.93. The fourth-order valence-electron chi connectivity index (χ4n) is 1.14. The molecule has 1 heterocycles. The van der Waals surface area contributed by atoms with Crippen molar-refractivity contribution in [3.63, 3.8) is 0 Å².